The molecule has 1 heterocycles. The van der Waals surface area contributed by atoms with Crippen molar-refractivity contribution in [2.45, 2.75) is 13.0 Å². The number of benzene rings is 2. The molecule has 0 saturated carbocycles. The van der Waals surface area contributed by atoms with Crippen molar-refractivity contribution in [3.05, 3.63) is 77.2 Å². The lowest BCUT2D eigenvalue weighted by atomic mass is 10.0. The Kier molecular flexibility index (Phi) is 3.20. The summed E-state index contributed by atoms with van der Waals surface area (Å²) in [4.78, 5) is 4.62. The monoisotopic (exact) mass is 266 g/mol. The van der Waals surface area contributed by atoms with Crippen LogP contribution in [0.15, 0.2) is 54.6 Å². The van der Waals surface area contributed by atoms with E-state index >= 15 is 0 Å². The molecule has 2 N–H and O–H groups in total. The number of para-hydroxylation sites is 1. The average Bonchev–Trinajstić information content (AvgIpc) is 2.47. The topological polar surface area (TPSA) is 38.9 Å². The van der Waals surface area contributed by atoms with E-state index < -0.39 is 0 Å². The van der Waals surface area contributed by atoms with Crippen molar-refractivity contribution in [2.24, 2.45) is 5.73 Å². The molecule has 20 heavy (non-hydrogen) atoms. The Hall–Kier alpha value is -2.26. The quantitative estimate of drug-likeness (QED) is 0.767. The Bertz CT molecular complexity index is 751. The van der Waals surface area contributed by atoms with E-state index in [0.29, 0.717) is 0 Å². The van der Waals surface area contributed by atoms with Gasteiger partial charge in [-0.15, -0.1) is 0 Å². The summed E-state index contributed by atoms with van der Waals surface area (Å²) in [6, 6.07) is 15.9. The number of hydrogen-bond donors (Lipinski definition) is 1. The van der Waals surface area contributed by atoms with Crippen LogP contribution in [0.4, 0.5) is 4.39 Å². The normalized spacial score (nSPS) is 12.6. The van der Waals surface area contributed by atoms with E-state index in [-0.39, 0.29) is 11.9 Å². The Morgan fingerprint density at radius 2 is 1.75 bits per heavy atom. The van der Waals surface area contributed by atoms with E-state index in [9.17, 15) is 4.39 Å². The first-order chi connectivity index (χ1) is 9.65. The molecule has 1 atom stereocenters. The van der Waals surface area contributed by atoms with Gasteiger partial charge in [0.15, 0.2) is 0 Å². The number of aryl methyl sites for hydroxylation is 1. The lowest BCUT2D eigenvalue weighted by molar-refractivity contribution is 0.626. The number of pyridine rings is 1. The second-order valence-electron chi connectivity index (χ2n) is 4.91. The molecule has 3 rings (SSSR count). The van der Waals surface area contributed by atoms with E-state index in [1.54, 1.807) is 12.1 Å². The molecular formula is C17H15FN2. The maximum atomic E-state index is 13.0. The fourth-order valence-electron chi connectivity index (χ4n) is 2.38. The lowest BCUT2D eigenvalue weighted by Gasteiger charge is -2.14. The van der Waals surface area contributed by atoms with Gasteiger partial charge in [-0.3, -0.25) is 4.98 Å². The zero-order valence-electron chi connectivity index (χ0n) is 11.2. The highest BCUT2D eigenvalue weighted by atomic mass is 19.1. The molecular weight excluding hydrogens is 251 g/mol. The second-order valence-corrected chi connectivity index (χ2v) is 4.91. The van der Waals surface area contributed by atoms with E-state index in [1.807, 2.05) is 37.3 Å². The summed E-state index contributed by atoms with van der Waals surface area (Å²) in [5.74, 6) is -0.261. The molecule has 100 valence electrons. The van der Waals surface area contributed by atoms with Crippen LogP contribution in [0.2, 0.25) is 0 Å². The molecule has 1 aromatic heterocycles. The number of halogens is 1. The summed E-state index contributed by atoms with van der Waals surface area (Å²) in [6.45, 7) is 2.05. The molecule has 0 amide bonds. The molecule has 2 nitrogen and oxygen atoms in total. The van der Waals surface area contributed by atoms with E-state index in [2.05, 4.69) is 4.98 Å². The van der Waals surface area contributed by atoms with E-state index in [4.69, 9.17) is 5.73 Å². The maximum absolute atomic E-state index is 13.0. The van der Waals surface area contributed by atoms with Gasteiger partial charge in [-0.05, 0) is 42.3 Å². The third kappa shape index (κ3) is 2.28. The Morgan fingerprint density at radius 1 is 1.05 bits per heavy atom. The van der Waals surface area contributed by atoms with Gasteiger partial charge in [-0.25, -0.2) is 4.39 Å². The summed E-state index contributed by atoms with van der Waals surface area (Å²) in [5.41, 5.74) is 9.97. The Balaban J connectivity index is 2.07. The Labute approximate surface area is 117 Å². The maximum Gasteiger partial charge on any atom is 0.123 e. The highest BCUT2D eigenvalue weighted by Crippen LogP contribution is 2.23. The molecule has 3 aromatic rings. The summed E-state index contributed by atoms with van der Waals surface area (Å²) < 4.78 is 13.0. The molecule has 2 aromatic carbocycles. The standard InChI is InChI=1S/C17H15FN2/c1-11-10-16(20-15-5-3-2-4-14(11)15)17(19)12-6-8-13(18)9-7-12/h2-10,17H,19H2,1H3. The fraction of sp³-hybridized carbons (Fsp3) is 0.118. The smallest absolute Gasteiger partial charge is 0.123 e. The lowest BCUT2D eigenvalue weighted by Crippen LogP contribution is -2.14. The number of rotatable bonds is 2. The van der Waals surface area contributed by atoms with Gasteiger partial charge < -0.3 is 5.73 Å². The highest BCUT2D eigenvalue weighted by molar-refractivity contribution is 5.82. The molecule has 0 aliphatic heterocycles. The van der Waals surface area contributed by atoms with Gasteiger partial charge in [0.05, 0.1) is 17.3 Å². The van der Waals surface area contributed by atoms with Crippen molar-refractivity contribution in [3.63, 3.8) is 0 Å². The molecule has 0 aliphatic rings. The minimum absolute atomic E-state index is 0.261. The van der Waals surface area contributed by atoms with E-state index in [1.165, 1.54) is 12.1 Å². The van der Waals surface area contributed by atoms with Gasteiger partial charge in [0, 0.05) is 5.39 Å². The minimum atomic E-state index is -0.348. The first kappa shape index (κ1) is 12.8. The van der Waals surface area contributed by atoms with Crippen molar-refractivity contribution in [3.8, 4) is 0 Å². The molecule has 0 saturated heterocycles. The van der Waals surface area contributed by atoms with Crippen molar-refractivity contribution < 1.29 is 4.39 Å². The predicted molar refractivity (Wildman–Crippen MR) is 78.9 cm³/mol. The summed E-state index contributed by atoms with van der Waals surface area (Å²) in [6.07, 6.45) is 0. The van der Waals surface area contributed by atoms with Crippen LogP contribution in [-0.4, -0.2) is 4.98 Å². The molecule has 0 bridgehead atoms. The number of fused-ring (bicyclic) bond motifs is 1. The molecule has 3 heteroatoms. The van der Waals surface area contributed by atoms with Gasteiger partial charge in [-0.1, -0.05) is 30.3 Å². The van der Waals surface area contributed by atoms with Crippen LogP contribution < -0.4 is 5.73 Å². The van der Waals surface area contributed by atoms with Crippen LogP contribution in [0.1, 0.15) is 22.9 Å². The van der Waals surface area contributed by atoms with Crippen molar-refractivity contribution >= 4 is 10.9 Å². The highest BCUT2D eigenvalue weighted by Gasteiger charge is 2.12. The summed E-state index contributed by atoms with van der Waals surface area (Å²) >= 11 is 0. The first-order valence-electron chi connectivity index (χ1n) is 6.52. The van der Waals surface area contributed by atoms with Gasteiger partial charge >= 0.3 is 0 Å². The van der Waals surface area contributed by atoms with Crippen molar-refractivity contribution in [1.82, 2.24) is 4.98 Å². The van der Waals surface area contributed by atoms with Crippen LogP contribution in [0, 0.1) is 12.7 Å². The van der Waals surface area contributed by atoms with Crippen molar-refractivity contribution in [1.29, 1.82) is 0 Å². The third-order valence-electron chi connectivity index (χ3n) is 3.49. The SMILES string of the molecule is Cc1cc(C(N)c2ccc(F)cc2)nc2ccccc12. The predicted octanol–water partition coefficient (Wildman–Crippen LogP) is 3.73. The molecule has 1 unspecified atom stereocenters. The summed E-state index contributed by atoms with van der Waals surface area (Å²) in [5, 5.41) is 1.13. The number of hydrogen-bond acceptors (Lipinski definition) is 2. The van der Waals surface area contributed by atoms with Crippen LogP contribution >= 0.6 is 0 Å². The molecule has 0 spiro atoms. The summed E-state index contributed by atoms with van der Waals surface area (Å²) in [7, 11) is 0. The van der Waals surface area contributed by atoms with Crippen molar-refractivity contribution in [2.75, 3.05) is 0 Å². The van der Waals surface area contributed by atoms with Gasteiger partial charge in [0.1, 0.15) is 5.82 Å². The number of nitrogens with zero attached hydrogens (tertiary/aromatic N) is 1. The number of aromatic nitrogens is 1. The molecule has 0 fully saturated rings. The molecule has 0 radical (unpaired) electrons. The zero-order valence-corrected chi connectivity index (χ0v) is 11.2. The first-order valence-corrected chi connectivity index (χ1v) is 6.52. The second kappa shape index (κ2) is 5.02. The zero-order chi connectivity index (χ0) is 14.1. The van der Waals surface area contributed by atoms with Crippen LogP contribution in [0.5, 0.6) is 0 Å². The van der Waals surface area contributed by atoms with E-state index in [0.717, 1.165) is 27.7 Å². The van der Waals surface area contributed by atoms with Crippen LogP contribution in [0.25, 0.3) is 10.9 Å². The third-order valence-corrected chi connectivity index (χ3v) is 3.49. The average molecular weight is 266 g/mol. The minimum Gasteiger partial charge on any atom is -0.319 e. The fourth-order valence-corrected chi connectivity index (χ4v) is 2.38. The van der Waals surface area contributed by atoms with Gasteiger partial charge in [0.2, 0.25) is 0 Å². The van der Waals surface area contributed by atoms with Gasteiger partial charge in [0.25, 0.3) is 0 Å². The Morgan fingerprint density at radius 3 is 2.50 bits per heavy atom. The van der Waals surface area contributed by atoms with Crippen LogP contribution in [0.3, 0.4) is 0 Å². The largest absolute Gasteiger partial charge is 0.319 e. The van der Waals surface area contributed by atoms with Gasteiger partial charge in [-0.2, -0.15) is 0 Å². The number of nitrogens with two attached hydrogens (primary N) is 1. The molecule has 0 aliphatic carbocycles. The van der Waals surface area contributed by atoms with Crippen LogP contribution in [-0.2, 0) is 0 Å².